The molecule has 2 atom stereocenters. The molecule has 0 N–H and O–H groups in total. The number of halogens is 1. The Balaban J connectivity index is 1.43. The third-order valence-corrected chi connectivity index (χ3v) is 6.51. The van der Waals surface area contributed by atoms with Crippen LogP contribution in [0.3, 0.4) is 0 Å². The molecule has 154 valence electrons. The maximum Gasteiger partial charge on any atom is 0.328 e. The van der Waals surface area contributed by atoms with Gasteiger partial charge in [-0.05, 0) is 36.8 Å². The molecule has 2 saturated heterocycles. The molecule has 2 aromatic carbocycles. The molecule has 3 heterocycles. The van der Waals surface area contributed by atoms with E-state index in [9.17, 15) is 9.59 Å². The summed E-state index contributed by atoms with van der Waals surface area (Å²) in [4.78, 5) is 38.3. The number of rotatable bonds is 3. The Morgan fingerprint density at radius 2 is 1.73 bits per heavy atom. The predicted molar refractivity (Wildman–Crippen MR) is 118 cm³/mol. The summed E-state index contributed by atoms with van der Waals surface area (Å²) in [7, 11) is 1.73. The van der Waals surface area contributed by atoms with Crippen LogP contribution >= 0.6 is 15.9 Å². The Kier molecular flexibility index (Phi) is 4.54. The Hall–Kier alpha value is -2.87. The number of hydrogen-bond acceptors (Lipinski definition) is 5. The van der Waals surface area contributed by atoms with Crippen molar-refractivity contribution in [2.45, 2.75) is 25.7 Å². The zero-order chi connectivity index (χ0) is 21.0. The largest absolute Gasteiger partial charge is 0.328 e. The number of nitrogens with zero attached hydrogens (tertiary/aromatic N) is 5. The number of imide groups is 1. The van der Waals surface area contributed by atoms with Gasteiger partial charge in [-0.2, -0.15) is 0 Å². The predicted octanol–water partition coefficient (Wildman–Crippen LogP) is 3.04. The molecule has 3 amide bonds. The molecule has 30 heavy (non-hydrogen) atoms. The molecule has 8 heteroatoms. The molecular formula is C22H22BrN5O2. The van der Waals surface area contributed by atoms with Crippen LogP contribution in [0.4, 0.5) is 10.5 Å². The fourth-order valence-electron chi connectivity index (χ4n) is 4.32. The lowest BCUT2D eigenvalue weighted by Crippen LogP contribution is -2.64. The first-order chi connectivity index (χ1) is 14.4. The third kappa shape index (κ3) is 2.98. The lowest BCUT2D eigenvalue weighted by atomic mass is 10.1. The van der Waals surface area contributed by atoms with E-state index in [4.69, 9.17) is 4.99 Å². The maximum absolute atomic E-state index is 13.4. The minimum Gasteiger partial charge on any atom is -0.325 e. The fraction of sp³-hybridized carbons (Fsp3) is 0.318. The topological polar surface area (TPSA) is 59.5 Å². The van der Waals surface area contributed by atoms with E-state index in [2.05, 4.69) is 52.0 Å². The smallest absolute Gasteiger partial charge is 0.325 e. The standard InChI is InChI=1S/C22H22BrN5O2/c1-14-3-9-17(10-4-14)26-11-12-27-18-19(24-21(26)27)25(2)22(30)28(20(18)29)13-15-5-7-16(23)8-6-15/h3-10,18-19H,11-13H2,1-2H3. The molecule has 3 aliphatic heterocycles. The first-order valence-corrected chi connectivity index (χ1v) is 10.7. The molecule has 2 aromatic rings. The normalized spacial score (nSPS) is 23.1. The van der Waals surface area contributed by atoms with Crippen molar-refractivity contribution in [1.82, 2.24) is 14.7 Å². The van der Waals surface area contributed by atoms with E-state index in [1.807, 2.05) is 29.2 Å². The van der Waals surface area contributed by atoms with Gasteiger partial charge < -0.3 is 14.7 Å². The molecule has 2 fully saturated rings. The summed E-state index contributed by atoms with van der Waals surface area (Å²) in [5.41, 5.74) is 3.16. The first kappa shape index (κ1) is 19.1. The van der Waals surface area contributed by atoms with Gasteiger partial charge in [-0.15, -0.1) is 0 Å². The molecule has 0 saturated carbocycles. The second-order valence-electron chi connectivity index (χ2n) is 7.91. The van der Waals surface area contributed by atoms with Crippen molar-refractivity contribution in [2.24, 2.45) is 4.99 Å². The Morgan fingerprint density at radius 3 is 2.43 bits per heavy atom. The van der Waals surface area contributed by atoms with Gasteiger partial charge in [0.15, 0.2) is 12.2 Å². The number of anilines is 1. The summed E-state index contributed by atoms with van der Waals surface area (Å²) in [5.74, 6) is 0.586. The molecule has 0 bridgehead atoms. The molecular weight excluding hydrogens is 446 g/mol. The van der Waals surface area contributed by atoms with Crippen LogP contribution in [-0.4, -0.2) is 64.9 Å². The molecule has 2 unspecified atom stereocenters. The van der Waals surface area contributed by atoms with Crippen molar-refractivity contribution in [2.75, 3.05) is 25.0 Å². The van der Waals surface area contributed by atoms with Crippen LogP contribution in [0.15, 0.2) is 58.0 Å². The minimum absolute atomic E-state index is 0.185. The molecule has 5 rings (SSSR count). The molecule has 7 nitrogen and oxygen atoms in total. The van der Waals surface area contributed by atoms with Crippen molar-refractivity contribution in [1.29, 1.82) is 0 Å². The maximum atomic E-state index is 13.4. The lowest BCUT2D eigenvalue weighted by molar-refractivity contribution is -0.137. The highest BCUT2D eigenvalue weighted by atomic mass is 79.9. The molecule has 0 aromatic heterocycles. The van der Waals surface area contributed by atoms with Crippen LogP contribution in [-0.2, 0) is 11.3 Å². The number of amides is 3. The van der Waals surface area contributed by atoms with E-state index >= 15 is 0 Å². The first-order valence-electron chi connectivity index (χ1n) is 9.95. The summed E-state index contributed by atoms with van der Waals surface area (Å²) < 4.78 is 0.960. The van der Waals surface area contributed by atoms with Gasteiger partial charge in [0.25, 0.3) is 5.91 Å². The Labute approximate surface area is 183 Å². The number of carbonyl (C=O) groups is 2. The van der Waals surface area contributed by atoms with Gasteiger partial charge in [-0.3, -0.25) is 9.69 Å². The Bertz CT molecular complexity index is 1040. The van der Waals surface area contributed by atoms with Gasteiger partial charge in [0.2, 0.25) is 5.96 Å². The van der Waals surface area contributed by atoms with E-state index in [0.717, 1.165) is 28.2 Å². The molecule has 0 spiro atoms. The van der Waals surface area contributed by atoms with Crippen molar-refractivity contribution in [3.8, 4) is 0 Å². The second kappa shape index (κ2) is 7.12. The number of aliphatic imine (C=N–C) groups is 1. The zero-order valence-electron chi connectivity index (χ0n) is 16.8. The van der Waals surface area contributed by atoms with E-state index in [1.54, 1.807) is 11.9 Å². The van der Waals surface area contributed by atoms with Gasteiger partial charge in [0.05, 0.1) is 6.54 Å². The number of likely N-dealkylation sites (N-methyl/N-ethyl adjacent to an activating group) is 1. The van der Waals surface area contributed by atoms with Crippen molar-refractivity contribution < 1.29 is 9.59 Å². The van der Waals surface area contributed by atoms with E-state index in [1.165, 1.54) is 10.5 Å². The lowest BCUT2D eigenvalue weighted by Gasteiger charge is -2.40. The van der Waals surface area contributed by atoms with E-state index in [-0.39, 0.29) is 18.5 Å². The van der Waals surface area contributed by atoms with E-state index < -0.39 is 12.2 Å². The number of guanidine groups is 1. The van der Waals surface area contributed by atoms with E-state index in [0.29, 0.717) is 6.54 Å². The zero-order valence-corrected chi connectivity index (χ0v) is 18.4. The summed E-state index contributed by atoms with van der Waals surface area (Å²) in [6, 6.07) is 15.2. The summed E-state index contributed by atoms with van der Waals surface area (Å²) in [5, 5.41) is 0. The number of fused-ring (bicyclic) bond motifs is 3. The van der Waals surface area contributed by atoms with Crippen LogP contribution in [0, 0.1) is 6.92 Å². The highest BCUT2D eigenvalue weighted by Crippen LogP contribution is 2.33. The van der Waals surface area contributed by atoms with Crippen molar-refractivity contribution in [3.63, 3.8) is 0 Å². The number of benzene rings is 2. The van der Waals surface area contributed by atoms with Gasteiger partial charge in [-0.25, -0.2) is 9.79 Å². The van der Waals surface area contributed by atoms with Crippen LogP contribution in [0.2, 0.25) is 0 Å². The van der Waals surface area contributed by atoms with Gasteiger partial charge in [-0.1, -0.05) is 45.8 Å². The average molecular weight is 468 g/mol. The monoisotopic (exact) mass is 467 g/mol. The highest BCUT2D eigenvalue weighted by molar-refractivity contribution is 9.10. The highest BCUT2D eigenvalue weighted by Gasteiger charge is 2.54. The number of hydrogen-bond donors (Lipinski definition) is 0. The SMILES string of the molecule is Cc1ccc(N2CCN3C2=NC2C3C(=O)N(Cc3ccc(Br)cc3)C(=O)N2C)cc1. The van der Waals surface area contributed by atoms with Crippen LogP contribution in [0.1, 0.15) is 11.1 Å². The van der Waals surface area contributed by atoms with Crippen LogP contribution in [0.5, 0.6) is 0 Å². The molecule has 0 aliphatic carbocycles. The number of urea groups is 1. The van der Waals surface area contributed by atoms with Gasteiger partial charge in [0, 0.05) is 30.3 Å². The summed E-state index contributed by atoms with van der Waals surface area (Å²) in [6.07, 6.45) is -0.491. The average Bonchev–Trinajstić information content (AvgIpc) is 3.31. The van der Waals surface area contributed by atoms with Crippen molar-refractivity contribution in [3.05, 3.63) is 64.1 Å². The van der Waals surface area contributed by atoms with Gasteiger partial charge >= 0.3 is 6.03 Å². The Morgan fingerprint density at radius 1 is 1.03 bits per heavy atom. The summed E-state index contributed by atoms with van der Waals surface area (Å²) in [6.45, 7) is 3.78. The quantitative estimate of drug-likeness (QED) is 0.695. The molecule has 0 radical (unpaired) electrons. The van der Waals surface area contributed by atoms with Crippen LogP contribution in [0.25, 0.3) is 0 Å². The molecule has 3 aliphatic rings. The number of carbonyl (C=O) groups excluding carboxylic acids is 2. The number of aryl methyl sites for hydroxylation is 1. The fourth-order valence-corrected chi connectivity index (χ4v) is 4.59. The third-order valence-electron chi connectivity index (χ3n) is 5.98. The van der Waals surface area contributed by atoms with Crippen LogP contribution < -0.4 is 4.90 Å². The minimum atomic E-state index is -0.491. The van der Waals surface area contributed by atoms with Crippen molar-refractivity contribution >= 4 is 39.5 Å². The second-order valence-corrected chi connectivity index (χ2v) is 8.83. The summed E-state index contributed by atoms with van der Waals surface area (Å²) >= 11 is 3.42. The van der Waals surface area contributed by atoms with Gasteiger partial charge in [0.1, 0.15) is 0 Å².